The molecule has 0 aromatic carbocycles. The fourth-order valence-corrected chi connectivity index (χ4v) is 2.27. The summed E-state index contributed by atoms with van der Waals surface area (Å²) in [6.07, 6.45) is 4.67. The maximum atomic E-state index is 5.26. The van der Waals surface area contributed by atoms with Crippen molar-refractivity contribution in [1.82, 2.24) is 25.8 Å². The molecule has 8 heteroatoms. The lowest BCUT2D eigenvalue weighted by Gasteiger charge is -2.10. The van der Waals surface area contributed by atoms with Gasteiger partial charge in [0.25, 0.3) is 5.89 Å². The molecular weight excluding hydrogens is 443 g/mol. The second-order valence-corrected chi connectivity index (χ2v) is 6.20. The van der Waals surface area contributed by atoms with Crippen LogP contribution in [0, 0.1) is 5.92 Å². The fraction of sp³-hybridized carbons (Fsp3) is 0.556. The Morgan fingerprint density at radius 2 is 2.12 bits per heavy atom. The summed E-state index contributed by atoms with van der Waals surface area (Å²) in [5.74, 6) is 2.66. The van der Waals surface area contributed by atoms with E-state index >= 15 is 0 Å². The van der Waals surface area contributed by atoms with E-state index in [1.807, 2.05) is 18.2 Å². The zero-order valence-electron chi connectivity index (χ0n) is 15.7. The lowest BCUT2D eigenvalue weighted by atomic mass is 10.1. The summed E-state index contributed by atoms with van der Waals surface area (Å²) in [4.78, 5) is 13.2. The predicted molar refractivity (Wildman–Crippen MR) is 115 cm³/mol. The minimum Gasteiger partial charge on any atom is -0.357 e. The number of rotatable bonds is 9. The average molecular weight is 472 g/mol. The summed E-state index contributed by atoms with van der Waals surface area (Å²) < 4.78 is 5.26. The van der Waals surface area contributed by atoms with Crippen LogP contribution in [0.2, 0.25) is 0 Å². The van der Waals surface area contributed by atoms with Crippen molar-refractivity contribution >= 4 is 29.9 Å². The number of aliphatic imine (C=N–C) groups is 1. The first-order valence-electron chi connectivity index (χ1n) is 8.95. The molecule has 7 nitrogen and oxygen atoms in total. The van der Waals surface area contributed by atoms with Crippen LogP contribution in [-0.4, -0.2) is 40.7 Å². The van der Waals surface area contributed by atoms with Crippen LogP contribution in [-0.2, 0) is 6.42 Å². The molecule has 2 rings (SSSR count). The van der Waals surface area contributed by atoms with Crippen molar-refractivity contribution in [3.05, 3.63) is 30.2 Å². The largest absolute Gasteiger partial charge is 0.357 e. The van der Waals surface area contributed by atoms with Crippen molar-refractivity contribution in [2.24, 2.45) is 10.9 Å². The van der Waals surface area contributed by atoms with E-state index in [2.05, 4.69) is 51.5 Å². The number of hydrogen-bond acceptors (Lipinski definition) is 5. The van der Waals surface area contributed by atoms with E-state index in [4.69, 9.17) is 4.52 Å². The van der Waals surface area contributed by atoms with Gasteiger partial charge in [-0.25, -0.2) is 0 Å². The zero-order valence-corrected chi connectivity index (χ0v) is 18.1. The van der Waals surface area contributed by atoms with Crippen molar-refractivity contribution in [3.63, 3.8) is 0 Å². The van der Waals surface area contributed by atoms with Gasteiger partial charge in [-0.15, -0.1) is 24.0 Å². The van der Waals surface area contributed by atoms with Crippen molar-refractivity contribution in [2.75, 3.05) is 19.6 Å². The van der Waals surface area contributed by atoms with Crippen molar-refractivity contribution in [3.8, 4) is 11.6 Å². The summed E-state index contributed by atoms with van der Waals surface area (Å²) in [5, 5.41) is 10.6. The molecule has 0 aliphatic carbocycles. The number of guanidine groups is 1. The van der Waals surface area contributed by atoms with Crippen LogP contribution >= 0.6 is 24.0 Å². The molecule has 0 bridgehead atoms. The summed E-state index contributed by atoms with van der Waals surface area (Å²) in [5.41, 5.74) is 0.689. The minimum absolute atomic E-state index is 0. The van der Waals surface area contributed by atoms with Crippen LogP contribution in [0.1, 0.15) is 39.4 Å². The van der Waals surface area contributed by atoms with E-state index in [1.165, 1.54) is 6.42 Å². The highest BCUT2D eigenvalue weighted by molar-refractivity contribution is 14.0. The van der Waals surface area contributed by atoms with Gasteiger partial charge in [0.1, 0.15) is 5.69 Å². The molecule has 2 N–H and O–H groups in total. The van der Waals surface area contributed by atoms with Crippen molar-refractivity contribution in [2.45, 2.75) is 40.0 Å². The second-order valence-electron chi connectivity index (χ2n) is 6.20. The second kappa shape index (κ2) is 12.6. The summed E-state index contributed by atoms with van der Waals surface area (Å²) >= 11 is 0. The standard InChI is InChI=1S/C18H28N6O.HI/c1-4-19-18(21-12-7-8-14(2)3)22-13-10-16-23-17(25-24-16)15-9-5-6-11-20-15;/h5-6,9,11,14H,4,7-8,10,12-13H2,1-3H3,(H2,19,21,22);1H. The van der Waals surface area contributed by atoms with Gasteiger partial charge in [0.2, 0.25) is 0 Å². The SMILES string of the molecule is CCNC(=NCCCC(C)C)NCCc1noc(-c2ccccn2)n1.I. The fourth-order valence-electron chi connectivity index (χ4n) is 2.27. The Kier molecular flexibility index (Phi) is 10.8. The molecule has 0 aliphatic rings. The van der Waals surface area contributed by atoms with Gasteiger partial charge in [-0.05, 0) is 37.8 Å². The van der Waals surface area contributed by atoms with Gasteiger partial charge in [-0.1, -0.05) is 25.1 Å². The lowest BCUT2D eigenvalue weighted by molar-refractivity contribution is 0.421. The number of halogens is 1. The zero-order chi connectivity index (χ0) is 17.9. The van der Waals surface area contributed by atoms with E-state index in [0.29, 0.717) is 30.4 Å². The highest BCUT2D eigenvalue weighted by Gasteiger charge is 2.09. The molecule has 0 atom stereocenters. The summed E-state index contributed by atoms with van der Waals surface area (Å²) in [7, 11) is 0. The lowest BCUT2D eigenvalue weighted by Crippen LogP contribution is -2.38. The van der Waals surface area contributed by atoms with Crippen LogP contribution in [0.3, 0.4) is 0 Å². The Morgan fingerprint density at radius 1 is 1.27 bits per heavy atom. The Labute approximate surface area is 172 Å². The Balaban J connectivity index is 0.00000338. The van der Waals surface area contributed by atoms with Crippen LogP contribution in [0.15, 0.2) is 33.9 Å². The Hall–Kier alpha value is -1.71. The Morgan fingerprint density at radius 3 is 2.81 bits per heavy atom. The average Bonchev–Trinajstić information content (AvgIpc) is 3.08. The first-order chi connectivity index (χ1) is 12.2. The molecule has 144 valence electrons. The third-order valence-electron chi connectivity index (χ3n) is 3.55. The first-order valence-corrected chi connectivity index (χ1v) is 8.95. The molecule has 2 heterocycles. The number of aromatic nitrogens is 3. The topological polar surface area (TPSA) is 88.2 Å². The van der Waals surface area contributed by atoms with Crippen molar-refractivity contribution in [1.29, 1.82) is 0 Å². The quantitative estimate of drug-likeness (QED) is 0.252. The van der Waals surface area contributed by atoms with Gasteiger partial charge in [0.15, 0.2) is 11.8 Å². The smallest absolute Gasteiger partial charge is 0.276 e. The van der Waals surface area contributed by atoms with E-state index in [-0.39, 0.29) is 24.0 Å². The van der Waals surface area contributed by atoms with Gasteiger partial charge >= 0.3 is 0 Å². The first kappa shape index (κ1) is 22.3. The summed E-state index contributed by atoms with van der Waals surface area (Å²) in [6.45, 7) is 8.89. The molecule has 0 spiro atoms. The number of nitrogens with zero attached hydrogens (tertiary/aromatic N) is 4. The van der Waals surface area contributed by atoms with Crippen LogP contribution in [0.5, 0.6) is 0 Å². The normalized spacial score (nSPS) is 11.3. The molecule has 0 aliphatic heterocycles. The van der Waals surface area contributed by atoms with Gasteiger partial charge < -0.3 is 15.2 Å². The van der Waals surface area contributed by atoms with Crippen molar-refractivity contribution < 1.29 is 4.52 Å². The van der Waals surface area contributed by atoms with E-state index in [9.17, 15) is 0 Å². The van der Waals surface area contributed by atoms with Gasteiger partial charge in [-0.2, -0.15) is 4.98 Å². The third kappa shape index (κ3) is 8.11. The van der Waals surface area contributed by atoms with E-state index < -0.39 is 0 Å². The maximum absolute atomic E-state index is 5.26. The molecule has 0 fully saturated rings. The van der Waals surface area contributed by atoms with E-state index in [1.54, 1.807) is 6.20 Å². The minimum atomic E-state index is 0. The Bertz CT molecular complexity index is 644. The molecule has 2 aromatic heterocycles. The van der Waals surface area contributed by atoms with E-state index in [0.717, 1.165) is 31.4 Å². The molecule has 0 amide bonds. The third-order valence-corrected chi connectivity index (χ3v) is 3.55. The van der Waals surface area contributed by atoms with Gasteiger partial charge in [-0.3, -0.25) is 9.98 Å². The predicted octanol–water partition coefficient (Wildman–Crippen LogP) is 3.28. The molecule has 0 saturated heterocycles. The van der Waals surface area contributed by atoms with Crippen LogP contribution in [0.4, 0.5) is 0 Å². The highest BCUT2D eigenvalue weighted by atomic mass is 127. The molecule has 0 saturated carbocycles. The monoisotopic (exact) mass is 472 g/mol. The van der Waals surface area contributed by atoms with Crippen LogP contribution in [0.25, 0.3) is 11.6 Å². The van der Waals surface area contributed by atoms with Gasteiger partial charge in [0, 0.05) is 32.3 Å². The molecule has 26 heavy (non-hydrogen) atoms. The number of hydrogen-bond donors (Lipinski definition) is 2. The number of pyridine rings is 1. The maximum Gasteiger partial charge on any atom is 0.276 e. The highest BCUT2D eigenvalue weighted by Crippen LogP contribution is 2.13. The molecule has 2 aromatic rings. The summed E-state index contributed by atoms with van der Waals surface area (Å²) in [6, 6.07) is 5.60. The number of nitrogens with one attached hydrogen (secondary N) is 2. The molecular formula is C18H29IN6O. The molecule has 0 unspecified atom stereocenters. The van der Waals surface area contributed by atoms with Gasteiger partial charge in [0.05, 0.1) is 0 Å². The van der Waals surface area contributed by atoms with Crippen LogP contribution < -0.4 is 10.6 Å². The molecule has 0 radical (unpaired) electrons.